The van der Waals surface area contributed by atoms with Crippen LogP contribution in [-0.2, 0) is 0 Å². The van der Waals surface area contributed by atoms with Gasteiger partial charge in [-0.25, -0.2) is 4.79 Å². The third-order valence-corrected chi connectivity index (χ3v) is 4.76. The highest BCUT2D eigenvalue weighted by Gasteiger charge is 2.17. The number of anilines is 1. The largest absolute Gasteiger partial charge is 0.338 e. The molecule has 4 nitrogen and oxygen atoms in total. The average Bonchev–Trinajstić information content (AvgIpc) is 2.49. The summed E-state index contributed by atoms with van der Waals surface area (Å²) in [5.74, 6) is 0. The van der Waals surface area contributed by atoms with Crippen molar-refractivity contribution in [1.29, 1.82) is 0 Å². The summed E-state index contributed by atoms with van der Waals surface area (Å²) < 4.78 is 0. The molecule has 1 heterocycles. The van der Waals surface area contributed by atoms with Crippen molar-refractivity contribution in [1.82, 2.24) is 10.2 Å². The minimum Gasteiger partial charge on any atom is -0.338 e. The van der Waals surface area contributed by atoms with Crippen LogP contribution in [0.4, 0.5) is 10.5 Å². The lowest BCUT2D eigenvalue weighted by atomic mass is 10.0. The molecule has 1 saturated heterocycles. The van der Waals surface area contributed by atoms with Crippen molar-refractivity contribution in [2.75, 3.05) is 25.0 Å². The highest BCUT2D eigenvalue weighted by atomic mass is 35.5. The van der Waals surface area contributed by atoms with Gasteiger partial charge in [0.2, 0.25) is 0 Å². The lowest BCUT2D eigenvalue weighted by Gasteiger charge is -2.33. The van der Waals surface area contributed by atoms with Crippen molar-refractivity contribution >= 4 is 34.9 Å². The van der Waals surface area contributed by atoms with Crippen LogP contribution >= 0.6 is 23.2 Å². The fourth-order valence-electron chi connectivity index (χ4n) is 2.72. The minimum atomic E-state index is -0.218. The summed E-state index contributed by atoms with van der Waals surface area (Å²) in [6.45, 7) is 5.16. The summed E-state index contributed by atoms with van der Waals surface area (Å²) in [5.41, 5.74) is 0.636. The van der Waals surface area contributed by atoms with Gasteiger partial charge in [-0.1, -0.05) is 29.6 Å². The molecule has 2 N–H and O–H groups in total. The number of piperidine rings is 1. The number of hydrogen-bond donors (Lipinski definition) is 2. The van der Waals surface area contributed by atoms with E-state index in [0.717, 1.165) is 13.0 Å². The second-order valence-corrected chi connectivity index (χ2v) is 6.56. The van der Waals surface area contributed by atoms with Gasteiger partial charge in [0.25, 0.3) is 0 Å². The first-order chi connectivity index (χ1) is 10.6. The van der Waals surface area contributed by atoms with Gasteiger partial charge < -0.3 is 15.5 Å². The van der Waals surface area contributed by atoms with E-state index in [2.05, 4.69) is 22.5 Å². The average molecular weight is 344 g/mol. The maximum Gasteiger partial charge on any atom is 0.319 e. The number of rotatable bonds is 5. The predicted molar refractivity (Wildman–Crippen MR) is 93.0 cm³/mol. The summed E-state index contributed by atoms with van der Waals surface area (Å²) in [6, 6.07) is 5.48. The molecule has 1 unspecified atom stereocenters. The second kappa shape index (κ2) is 8.61. The number of benzene rings is 1. The Morgan fingerprint density at radius 3 is 2.86 bits per heavy atom. The summed E-state index contributed by atoms with van der Waals surface area (Å²) in [4.78, 5) is 14.3. The molecule has 0 spiro atoms. The molecule has 2 amide bonds. The highest BCUT2D eigenvalue weighted by molar-refractivity contribution is 6.42. The van der Waals surface area contributed by atoms with E-state index in [-0.39, 0.29) is 6.03 Å². The molecule has 6 heteroatoms. The predicted octanol–water partition coefficient (Wildman–Crippen LogP) is 4.38. The zero-order valence-electron chi connectivity index (χ0n) is 12.9. The van der Waals surface area contributed by atoms with E-state index >= 15 is 0 Å². The molecule has 0 aromatic heterocycles. The second-order valence-electron chi connectivity index (χ2n) is 5.74. The zero-order chi connectivity index (χ0) is 15.9. The van der Waals surface area contributed by atoms with Gasteiger partial charge in [-0.15, -0.1) is 0 Å². The quantitative estimate of drug-likeness (QED) is 0.779. The summed E-state index contributed by atoms with van der Waals surface area (Å²) >= 11 is 11.8. The van der Waals surface area contributed by atoms with Gasteiger partial charge in [0.15, 0.2) is 0 Å². The third kappa shape index (κ3) is 5.34. The van der Waals surface area contributed by atoms with E-state index in [1.807, 2.05) is 0 Å². The highest BCUT2D eigenvalue weighted by Crippen LogP contribution is 2.24. The SMILES string of the molecule is CC1CCCCN1CCCNC(=O)Nc1ccc(Cl)c(Cl)c1. The van der Waals surface area contributed by atoms with Crippen molar-refractivity contribution in [3.8, 4) is 0 Å². The molecule has 1 atom stereocenters. The molecule has 0 aliphatic carbocycles. The van der Waals surface area contributed by atoms with E-state index in [9.17, 15) is 4.79 Å². The van der Waals surface area contributed by atoms with Crippen LogP contribution < -0.4 is 10.6 Å². The first kappa shape index (κ1) is 17.4. The maximum absolute atomic E-state index is 11.8. The number of nitrogens with zero attached hydrogens (tertiary/aromatic N) is 1. The van der Waals surface area contributed by atoms with E-state index in [4.69, 9.17) is 23.2 Å². The minimum absolute atomic E-state index is 0.218. The molecule has 1 aromatic rings. The van der Waals surface area contributed by atoms with Crippen LogP contribution in [0.2, 0.25) is 10.0 Å². The Hall–Kier alpha value is -0.970. The maximum atomic E-state index is 11.8. The number of carbonyl (C=O) groups excluding carboxylic acids is 1. The van der Waals surface area contributed by atoms with Crippen molar-refractivity contribution in [3.63, 3.8) is 0 Å². The summed E-state index contributed by atoms with van der Waals surface area (Å²) in [7, 11) is 0. The standard InChI is InChI=1S/C16H23Cl2N3O/c1-12-5-2-3-9-21(12)10-4-8-19-16(22)20-13-6-7-14(17)15(18)11-13/h6-7,11-12H,2-5,8-10H2,1H3,(H2,19,20,22). The van der Waals surface area contributed by atoms with Gasteiger partial charge in [0.05, 0.1) is 10.0 Å². The normalized spacial score (nSPS) is 19.0. The van der Waals surface area contributed by atoms with Gasteiger partial charge in [-0.2, -0.15) is 0 Å². The van der Waals surface area contributed by atoms with E-state index in [1.165, 1.54) is 25.8 Å². The van der Waals surface area contributed by atoms with Gasteiger partial charge >= 0.3 is 6.03 Å². The monoisotopic (exact) mass is 343 g/mol. The molecule has 1 fully saturated rings. The molecular weight excluding hydrogens is 321 g/mol. The van der Waals surface area contributed by atoms with Gasteiger partial charge in [0, 0.05) is 24.8 Å². The van der Waals surface area contributed by atoms with Crippen molar-refractivity contribution in [2.24, 2.45) is 0 Å². The van der Waals surface area contributed by atoms with Gasteiger partial charge in [-0.05, 0) is 50.9 Å². The topological polar surface area (TPSA) is 44.4 Å². The van der Waals surface area contributed by atoms with Crippen LogP contribution in [0.1, 0.15) is 32.6 Å². The van der Waals surface area contributed by atoms with Crippen LogP contribution in [0.25, 0.3) is 0 Å². The van der Waals surface area contributed by atoms with Crippen molar-refractivity contribution in [2.45, 2.75) is 38.6 Å². The van der Waals surface area contributed by atoms with Crippen LogP contribution in [0.5, 0.6) is 0 Å². The molecule has 1 aliphatic heterocycles. The zero-order valence-corrected chi connectivity index (χ0v) is 14.4. The number of hydrogen-bond acceptors (Lipinski definition) is 2. The molecule has 0 bridgehead atoms. The number of urea groups is 1. The molecule has 2 rings (SSSR count). The smallest absolute Gasteiger partial charge is 0.319 e. The Morgan fingerprint density at radius 1 is 1.32 bits per heavy atom. The fraction of sp³-hybridized carbons (Fsp3) is 0.562. The first-order valence-corrected chi connectivity index (χ1v) is 8.56. The van der Waals surface area contributed by atoms with Crippen LogP contribution in [0, 0.1) is 0 Å². The van der Waals surface area contributed by atoms with Crippen molar-refractivity contribution in [3.05, 3.63) is 28.2 Å². The number of halogens is 2. The van der Waals surface area contributed by atoms with E-state index < -0.39 is 0 Å². The Bertz CT molecular complexity index is 510. The van der Waals surface area contributed by atoms with Gasteiger partial charge in [0.1, 0.15) is 0 Å². The molecule has 22 heavy (non-hydrogen) atoms. The number of carbonyl (C=O) groups is 1. The van der Waals surface area contributed by atoms with E-state index in [0.29, 0.717) is 28.3 Å². The fourth-order valence-corrected chi connectivity index (χ4v) is 3.02. The molecule has 0 radical (unpaired) electrons. The Balaban J connectivity index is 1.66. The van der Waals surface area contributed by atoms with E-state index in [1.54, 1.807) is 18.2 Å². The molecule has 0 saturated carbocycles. The summed E-state index contributed by atoms with van der Waals surface area (Å²) in [6.07, 6.45) is 4.86. The van der Waals surface area contributed by atoms with Crippen LogP contribution in [0.15, 0.2) is 18.2 Å². The lowest BCUT2D eigenvalue weighted by Crippen LogP contribution is -2.39. The molecule has 1 aliphatic rings. The van der Waals surface area contributed by atoms with Crippen molar-refractivity contribution < 1.29 is 4.79 Å². The Kier molecular flexibility index (Phi) is 6.80. The Morgan fingerprint density at radius 2 is 2.14 bits per heavy atom. The number of likely N-dealkylation sites (tertiary alicyclic amines) is 1. The van der Waals surface area contributed by atoms with Crippen LogP contribution in [-0.4, -0.2) is 36.6 Å². The number of nitrogens with one attached hydrogen (secondary N) is 2. The third-order valence-electron chi connectivity index (χ3n) is 4.03. The Labute approximate surface area is 142 Å². The van der Waals surface area contributed by atoms with Crippen LogP contribution in [0.3, 0.4) is 0 Å². The van der Waals surface area contributed by atoms with Gasteiger partial charge in [-0.3, -0.25) is 0 Å². The summed E-state index contributed by atoms with van der Waals surface area (Å²) in [5, 5.41) is 6.52. The number of amides is 2. The lowest BCUT2D eigenvalue weighted by molar-refractivity contribution is 0.159. The first-order valence-electron chi connectivity index (χ1n) is 7.80. The molecular formula is C16H23Cl2N3O. The molecule has 1 aromatic carbocycles. The molecule has 122 valence electrons.